The van der Waals surface area contributed by atoms with Gasteiger partial charge >= 0.3 is 0 Å². The molecule has 2 aliphatic rings. The molecule has 0 bridgehead atoms. The van der Waals surface area contributed by atoms with Crippen LogP contribution in [0.5, 0.6) is 0 Å². The zero-order valence-corrected chi connectivity index (χ0v) is 40.6. The zero-order chi connectivity index (χ0) is 49.0. The molecule has 2 atom stereocenters. The van der Waals surface area contributed by atoms with Crippen LogP contribution in [0.25, 0.3) is 88.7 Å². The van der Waals surface area contributed by atoms with Crippen LogP contribution in [0.4, 0.5) is 0 Å². The number of fused-ring (bicyclic) bond motifs is 7. The Balaban J connectivity index is 1.05. The van der Waals surface area contributed by atoms with Crippen molar-refractivity contribution in [2.24, 2.45) is 0 Å². The molecule has 1 unspecified atom stereocenters. The van der Waals surface area contributed by atoms with Crippen molar-refractivity contribution in [1.29, 1.82) is 0 Å². The molecule has 14 rings (SSSR count). The van der Waals surface area contributed by atoms with Gasteiger partial charge in [0.2, 0.25) is 0 Å². The molecule has 5 nitrogen and oxygen atoms in total. The van der Waals surface area contributed by atoms with E-state index in [1.807, 2.05) is 6.07 Å². The highest BCUT2D eigenvalue weighted by Crippen LogP contribution is 2.50. The Labute approximate surface area is 430 Å². The van der Waals surface area contributed by atoms with Gasteiger partial charge in [-0.25, -0.2) is 15.0 Å². The van der Waals surface area contributed by atoms with Crippen molar-refractivity contribution in [3.05, 3.63) is 295 Å². The first kappa shape index (κ1) is 43.3. The molecule has 3 heterocycles. The third kappa shape index (κ3) is 7.52. The molecule has 12 aromatic rings. The number of benzene rings is 9. The number of aromatic nitrogens is 5. The van der Waals surface area contributed by atoms with Crippen molar-refractivity contribution in [3.8, 4) is 17.1 Å². The van der Waals surface area contributed by atoms with E-state index >= 15 is 0 Å². The summed E-state index contributed by atoms with van der Waals surface area (Å²) in [5, 5.41) is 4.91. The second kappa shape index (κ2) is 18.3. The summed E-state index contributed by atoms with van der Waals surface area (Å²) >= 11 is 0. The van der Waals surface area contributed by atoms with Crippen LogP contribution in [0, 0.1) is 0 Å². The third-order valence-corrected chi connectivity index (χ3v) is 15.1. The van der Waals surface area contributed by atoms with Gasteiger partial charge < -0.3 is 9.13 Å². The molecule has 3 aromatic heterocycles. The van der Waals surface area contributed by atoms with Crippen molar-refractivity contribution in [2.45, 2.75) is 24.7 Å². The molecule has 0 aliphatic heterocycles. The normalized spacial score (nSPS) is 15.9. The van der Waals surface area contributed by atoms with Gasteiger partial charge in [0.25, 0.3) is 0 Å². The van der Waals surface area contributed by atoms with Crippen LogP contribution < -0.4 is 0 Å². The van der Waals surface area contributed by atoms with E-state index < -0.39 is 0 Å². The Kier molecular flexibility index (Phi) is 10.7. The molecule has 0 fully saturated rings. The SMILES string of the molecule is C1=C(c2ccccc2)C[C@H](c2ccccc2)C=C1c1nc(C2=CC(c3ccccc3)=C(n3c4ccccc4c4c3ccc3c5ccccc5n(-c5ccccc5)c34)C(c3ccccc3)C2)nc(-c2ccccc2)n1. The van der Waals surface area contributed by atoms with Gasteiger partial charge in [0.15, 0.2) is 17.5 Å². The van der Waals surface area contributed by atoms with E-state index in [4.69, 9.17) is 15.0 Å². The minimum atomic E-state index is -0.0950. The first-order valence-corrected chi connectivity index (χ1v) is 25.6. The molecule has 9 aromatic carbocycles. The van der Waals surface area contributed by atoms with Crippen LogP contribution in [-0.4, -0.2) is 24.1 Å². The van der Waals surface area contributed by atoms with E-state index in [1.165, 1.54) is 60.5 Å². The number of rotatable bonds is 9. The number of nitrogens with zero attached hydrogens (tertiary/aromatic N) is 5. The predicted molar refractivity (Wildman–Crippen MR) is 307 cm³/mol. The molecular formula is C69H49N5. The lowest BCUT2D eigenvalue weighted by Crippen LogP contribution is -2.16. The minimum absolute atomic E-state index is 0.0950. The van der Waals surface area contributed by atoms with Crippen LogP contribution in [0.15, 0.2) is 261 Å². The van der Waals surface area contributed by atoms with Crippen molar-refractivity contribution < 1.29 is 0 Å². The van der Waals surface area contributed by atoms with Crippen LogP contribution in [0.1, 0.15) is 58.6 Å². The second-order valence-electron chi connectivity index (χ2n) is 19.4. The van der Waals surface area contributed by atoms with Gasteiger partial charge in [0, 0.05) is 61.5 Å². The molecule has 0 radical (unpaired) electrons. The fraction of sp³-hybridized carbons (Fsp3) is 0.0580. The summed E-state index contributed by atoms with van der Waals surface area (Å²) in [5.74, 6) is 2.03. The van der Waals surface area contributed by atoms with E-state index in [-0.39, 0.29) is 11.8 Å². The fourth-order valence-corrected chi connectivity index (χ4v) is 11.7. The van der Waals surface area contributed by atoms with Crippen LogP contribution in [0.3, 0.4) is 0 Å². The Bertz CT molecular complexity index is 4210. The Hall–Kier alpha value is -9.45. The monoisotopic (exact) mass is 947 g/mol. The molecule has 0 N–H and O–H groups in total. The molecule has 0 saturated carbocycles. The lowest BCUT2D eigenvalue weighted by molar-refractivity contribution is 0.832. The molecule has 5 heteroatoms. The average Bonchev–Trinajstić information content (AvgIpc) is 4.01. The van der Waals surface area contributed by atoms with Gasteiger partial charge in [0.1, 0.15) is 0 Å². The van der Waals surface area contributed by atoms with E-state index in [0.717, 1.165) is 51.0 Å². The van der Waals surface area contributed by atoms with E-state index in [2.05, 4.69) is 264 Å². The van der Waals surface area contributed by atoms with Gasteiger partial charge in [0.05, 0.1) is 22.1 Å². The molecule has 0 spiro atoms. The molecule has 0 amide bonds. The highest BCUT2D eigenvalue weighted by atomic mass is 15.1. The molecule has 2 aliphatic carbocycles. The van der Waals surface area contributed by atoms with Gasteiger partial charge in [-0.2, -0.15) is 0 Å². The highest BCUT2D eigenvalue weighted by molar-refractivity contribution is 6.27. The first-order chi connectivity index (χ1) is 36.7. The van der Waals surface area contributed by atoms with Crippen LogP contribution >= 0.6 is 0 Å². The van der Waals surface area contributed by atoms with Crippen molar-refractivity contribution in [2.75, 3.05) is 0 Å². The Morgan fingerprint density at radius 3 is 1.59 bits per heavy atom. The number of hydrogen-bond donors (Lipinski definition) is 0. The summed E-state index contributed by atoms with van der Waals surface area (Å²) < 4.78 is 5.04. The number of para-hydroxylation sites is 3. The lowest BCUT2D eigenvalue weighted by Gasteiger charge is -2.31. The van der Waals surface area contributed by atoms with Gasteiger partial charge in [-0.3, -0.25) is 0 Å². The molecular weight excluding hydrogens is 899 g/mol. The molecule has 74 heavy (non-hydrogen) atoms. The van der Waals surface area contributed by atoms with Crippen molar-refractivity contribution in [1.82, 2.24) is 24.1 Å². The van der Waals surface area contributed by atoms with E-state index in [9.17, 15) is 0 Å². The Morgan fingerprint density at radius 2 is 0.905 bits per heavy atom. The van der Waals surface area contributed by atoms with E-state index in [0.29, 0.717) is 23.9 Å². The Morgan fingerprint density at radius 1 is 0.365 bits per heavy atom. The maximum absolute atomic E-state index is 5.56. The topological polar surface area (TPSA) is 48.5 Å². The quantitative estimate of drug-likeness (QED) is 0.145. The standard InChI is InChI=1S/C69H49N5/c1-7-23-46(24-8-1)51-41-52(47-25-9-2-10-26-47)43-53(42-51)68-70-67(50-31-15-5-16-32-50)71-69(72-68)54-44-59(48-27-11-3-12-28-48)65(60(45-54)49-29-13-4-14-30-49)74-62-38-22-20-36-58(62)64-63(74)40-39-57-56-35-19-21-37-61(56)73(66(57)64)55-33-17-6-18-34-55/h1-40,42-44,51,60H,41,45H2/t51-,60?/m0/s1. The summed E-state index contributed by atoms with van der Waals surface area (Å²) in [5.41, 5.74) is 17.3. The number of allylic oxidation sites excluding steroid dienone is 8. The van der Waals surface area contributed by atoms with Crippen molar-refractivity contribution in [3.63, 3.8) is 0 Å². The smallest absolute Gasteiger partial charge is 0.164 e. The summed E-state index contributed by atoms with van der Waals surface area (Å²) in [6.07, 6.45) is 8.58. The van der Waals surface area contributed by atoms with E-state index in [1.54, 1.807) is 0 Å². The van der Waals surface area contributed by atoms with Crippen LogP contribution in [0.2, 0.25) is 0 Å². The lowest BCUT2D eigenvalue weighted by atomic mass is 9.80. The molecule has 350 valence electrons. The first-order valence-electron chi connectivity index (χ1n) is 25.6. The van der Waals surface area contributed by atoms with Gasteiger partial charge in [-0.05, 0) is 88.7 Å². The molecule has 0 saturated heterocycles. The summed E-state index contributed by atoms with van der Waals surface area (Å²) in [7, 11) is 0. The zero-order valence-electron chi connectivity index (χ0n) is 40.6. The van der Waals surface area contributed by atoms with Crippen molar-refractivity contribution >= 4 is 71.6 Å². The largest absolute Gasteiger partial charge is 0.312 e. The third-order valence-electron chi connectivity index (χ3n) is 15.1. The van der Waals surface area contributed by atoms with Gasteiger partial charge in [-0.1, -0.05) is 218 Å². The summed E-state index contributed by atoms with van der Waals surface area (Å²) in [4.78, 5) is 16.4. The average molecular weight is 948 g/mol. The number of hydrogen-bond acceptors (Lipinski definition) is 3. The minimum Gasteiger partial charge on any atom is -0.312 e. The predicted octanol–water partition coefficient (Wildman–Crippen LogP) is 17.0. The van der Waals surface area contributed by atoms with Crippen LogP contribution in [-0.2, 0) is 0 Å². The fourth-order valence-electron chi connectivity index (χ4n) is 11.7. The summed E-state index contributed by atoms with van der Waals surface area (Å²) in [6.45, 7) is 0. The maximum Gasteiger partial charge on any atom is 0.164 e. The van der Waals surface area contributed by atoms with Gasteiger partial charge in [-0.15, -0.1) is 0 Å². The maximum atomic E-state index is 5.56. The summed E-state index contributed by atoms with van der Waals surface area (Å²) in [6, 6.07) is 87.2. The highest BCUT2D eigenvalue weighted by Gasteiger charge is 2.33. The second-order valence-corrected chi connectivity index (χ2v) is 19.4.